The fourth-order valence-corrected chi connectivity index (χ4v) is 0. The van der Waals surface area contributed by atoms with Crippen molar-refractivity contribution in [3.8, 4) is 0 Å². The van der Waals surface area contributed by atoms with E-state index in [1.165, 1.54) is 0 Å². The molecule has 0 fully saturated rings. The number of carbonyl (C=O) groups excluding carboxylic acids is 1. The van der Waals surface area contributed by atoms with E-state index in [0.717, 1.165) is 0 Å². The highest BCUT2D eigenvalue weighted by atomic mass is 16.3. The van der Waals surface area contributed by atoms with Crippen LogP contribution in [0.2, 0.25) is 0 Å². The van der Waals surface area contributed by atoms with Crippen LogP contribution >= 0.6 is 0 Å². The second kappa shape index (κ2) is 229. The molecule has 0 aromatic carbocycles. The second-order valence-electron chi connectivity index (χ2n) is 1.02. The van der Waals surface area contributed by atoms with Crippen LogP contribution in [0.1, 0.15) is 41.5 Å². The lowest BCUT2D eigenvalue weighted by atomic mass is 10.6. The van der Waals surface area contributed by atoms with Crippen LogP contribution in [0.4, 0.5) is 0 Å². The summed E-state index contributed by atoms with van der Waals surface area (Å²) in [4.78, 5) is 0. The molecule has 0 spiro atoms. The smallest absolute Gasteiger partial charge is 0.131 e. The molecule has 0 aromatic rings. The molecule has 1 heteroatoms. The van der Waals surface area contributed by atoms with Gasteiger partial charge in [-0.3, -0.25) is 0 Å². The highest BCUT2D eigenvalue weighted by Gasteiger charge is 1.36. The van der Waals surface area contributed by atoms with E-state index in [2.05, 4.69) is 32.2 Å². The average molecular weight is 188 g/mol. The van der Waals surface area contributed by atoms with Crippen molar-refractivity contribution in [3.05, 3.63) is 33.8 Å². The minimum Gasteiger partial charge on any atom is -0.408 e. The summed E-state index contributed by atoms with van der Waals surface area (Å²) in [7, 11) is 2.88. The predicted molar refractivity (Wildman–Crippen MR) is 65.8 cm³/mol. The van der Waals surface area contributed by atoms with Crippen LogP contribution in [-0.2, 0) is 4.42 Å². The van der Waals surface area contributed by atoms with Gasteiger partial charge in [0.2, 0.25) is 0 Å². The lowest BCUT2D eigenvalue weighted by Gasteiger charge is -1.48. The van der Waals surface area contributed by atoms with Crippen molar-refractivity contribution >= 4 is 6.79 Å². The number of hydrogen-bond acceptors (Lipinski definition) is 0. The Labute approximate surface area is 87.3 Å². The summed E-state index contributed by atoms with van der Waals surface area (Å²) in [6.07, 6.45) is 3.50. The van der Waals surface area contributed by atoms with Gasteiger partial charge in [-0.15, -0.1) is 13.8 Å². The van der Waals surface area contributed by atoms with Crippen molar-refractivity contribution < 1.29 is 4.42 Å². The molecule has 0 saturated heterocycles. The largest absolute Gasteiger partial charge is 0.408 e. The number of hydrogen-bond donors (Lipinski definition) is 0. The SMILES string of the molecule is C=[O+][CH2-].CC.CC.[CH2-][CH+]C.[CH2-][CH+]C. The highest BCUT2D eigenvalue weighted by molar-refractivity contribution is 5.12. The molecule has 13 heavy (non-hydrogen) atoms. The van der Waals surface area contributed by atoms with E-state index in [4.69, 9.17) is 0 Å². The third-order valence-corrected chi connectivity index (χ3v) is 0. The first kappa shape index (κ1) is 29.5. The van der Waals surface area contributed by atoms with Gasteiger partial charge in [0.1, 0.15) is 13.9 Å². The molecule has 0 aliphatic carbocycles. The molecule has 0 heterocycles. The van der Waals surface area contributed by atoms with E-state index >= 15 is 0 Å². The van der Waals surface area contributed by atoms with Crippen molar-refractivity contribution in [1.29, 1.82) is 0 Å². The maximum Gasteiger partial charge on any atom is 0.131 e. The van der Waals surface area contributed by atoms with Gasteiger partial charge in [-0.1, -0.05) is 40.5 Å². The second-order valence-corrected chi connectivity index (χ2v) is 1.02. The van der Waals surface area contributed by atoms with Crippen molar-refractivity contribution in [1.82, 2.24) is 0 Å². The standard InChI is InChI=1S/2C3H6.C2H4O.2C2H6/c3*1-3-2;2*1-2/h2*3H,1H2,2H3;1-2H2;2*1-2H3. The van der Waals surface area contributed by atoms with Gasteiger partial charge >= 0.3 is 0 Å². The Balaban J connectivity index is -0.0000000208. The van der Waals surface area contributed by atoms with Gasteiger partial charge in [0.05, 0.1) is 0 Å². The monoisotopic (exact) mass is 188 g/mol. The molecule has 82 valence electrons. The van der Waals surface area contributed by atoms with Crippen LogP contribution in [0.5, 0.6) is 0 Å². The van der Waals surface area contributed by atoms with Crippen LogP contribution in [0.3, 0.4) is 0 Å². The quantitative estimate of drug-likeness (QED) is 0.397. The van der Waals surface area contributed by atoms with Crippen LogP contribution in [0, 0.1) is 33.8 Å². The Morgan fingerprint density at radius 3 is 0.923 bits per heavy atom. The van der Waals surface area contributed by atoms with Gasteiger partial charge in [-0.2, -0.15) is 0 Å². The predicted octanol–water partition coefficient (Wildman–Crippen LogP) is 4.28. The van der Waals surface area contributed by atoms with Gasteiger partial charge in [0.15, 0.2) is 0 Å². The minimum atomic E-state index is 1.75. The summed E-state index contributed by atoms with van der Waals surface area (Å²) in [5.74, 6) is 0. The van der Waals surface area contributed by atoms with E-state index in [-0.39, 0.29) is 0 Å². The fourth-order valence-electron chi connectivity index (χ4n) is 0. The first-order valence-corrected chi connectivity index (χ1v) is 4.55. The Morgan fingerprint density at radius 1 is 0.923 bits per heavy atom. The third kappa shape index (κ3) is 1870. The summed E-state index contributed by atoms with van der Waals surface area (Å²) >= 11 is 0. The van der Waals surface area contributed by atoms with Gasteiger partial charge in [0, 0.05) is 13.8 Å². The first-order valence-electron chi connectivity index (χ1n) is 4.55. The Hall–Kier alpha value is -0.720. The van der Waals surface area contributed by atoms with E-state index in [1.807, 2.05) is 41.5 Å². The Morgan fingerprint density at radius 2 is 0.923 bits per heavy atom. The van der Waals surface area contributed by atoms with Crippen LogP contribution < -0.4 is 0 Å². The van der Waals surface area contributed by atoms with Gasteiger partial charge in [-0.05, 0) is 0 Å². The zero-order valence-corrected chi connectivity index (χ0v) is 10.4. The van der Waals surface area contributed by atoms with E-state index < -0.39 is 0 Å². The van der Waals surface area contributed by atoms with Crippen molar-refractivity contribution in [3.63, 3.8) is 0 Å². The molecule has 0 atom stereocenters. The molecule has 0 aromatic heterocycles. The fraction of sp³-hybridized carbons (Fsp3) is 0.500. The van der Waals surface area contributed by atoms with E-state index in [1.54, 1.807) is 12.8 Å². The minimum absolute atomic E-state index is 1.75. The van der Waals surface area contributed by atoms with Gasteiger partial charge in [-0.25, -0.2) is 0 Å². The van der Waals surface area contributed by atoms with Crippen LogP contribution in [0.15, 0.2) is 0 Å². The molecule has 1 nitrogen and oxygen atoms in total. The molecule has 0 amide bonds. The Kier molecular flexibility index (Phi) is 520. The first-order chi connectivity index (χ1) is 6.24. The molecule has 0 unspecified atom stereocenters. The lowest BCUT2D eigenvalue weighted by molar-refractivity contribution is -0.370. The molecular formula is C12H28O. The zero-order chi connectivity index (χ0) is 12.1. The van der Waals surface area contributed by atoms with E-state index in [0.29, 0.717) is 0 Å². The van der Waals surface area contributed by atoms with Crippen LogP contribution in [-0.4, -0.2) is 6.79 Å². The summed E-state index contributed by atoms with van der Waals surface area (Å²) in [5, 5.41) is 0. The maximum absolute atomic E-state index is 3.75. The van der Waals surface area contributed by atoms with Gasteiger partial charge in [0.25, 0.3) is 0 Å². The zero-order valence-electron chi connectivity index (χ0n) is 10.4. The molecule has 0 N–H and O–H groups in total. The molecule has 0 saturated carbocycles. The lowest BCUT2D eigenvalue weighted by Crippen LogP contribution is -1.33. The maximum atomic E-state index is 3.75. The Bertz CT molecular complexity index is 24.3. The van der Waals surface area contributed by atoms with Crippen LogP contribution in [0.25, 0.3) is 0 Å². The molecular weight excluding hydrogens is 160 g/mol. The van der Waals surface area contributed by atoms with Crippen molar-refractivity contribution in [2.75, 3.05) is 0 Å². The molecule has 0 radical (unpaired) electrons. The molecule has 0 aliphatic rings. The van der Waals surface area contributed by atoms with Crippen molar-refractivity contribution in [2.45, 2.75) is 41.5 Å². The average Bonchev–Trinajstić information content (AvgIpc) is 2.14. The third-order valence-electron chi connectivity index (χ3n) is 0. The van der Waals surface area contributed by atoms with E-state index in [9.17, 15) is 0 Å². The summed E-state index contributed by atoms with van der Waals surface area (Å²) in [5.41, 5.74) is 0. The van der Waals surface area contributed by atoms with Gasteiger partial charge < -0.3 is 4.42 Å². The summed E-state index contributed by atoms with van der Waals surface area (Å²) < 4.78 is 3.75. The normalized spacial score (nSPS) is 4.00. The summed E-state index contributed by atoms with van der Waals surface area (Å²) in [6, 6.07) is 0. The van der Waals surface area contributed by atoms with Crippen molar-refractivity contribution in [2.24, 2.45) is 0 Å². The number of rotatable bonds is 0. The summed E-state index contributed by atoms with van der Waals surface area (Å²) in [6.45, 7) is 21.4. The topological polar surface area (TPSA) is 11.3 Å². The highest BCUT2D eigenvalue weighted by Crippen LogP contribution is 1.52. The molecule has 0 rings (SSSR count). The molecule has 0 aliphatic heterocycles. The molecule has 0 bridgehead atoms.